The third kappa shape index (κ3) is 3.00. The van der Waals surface area contributed by atoms with Gasteiger partial charge in [-0.15, -0.1) is 6.54 Å². The van der Waals surface area contributed by atoms with Gasteiger partial charge in [0.15, 0.2) is 0 Å². The zero-order chi connectivity index (χ0) is 7.94. The largest absolute Gasteiger partial charge is 0.664 e. The number of nitrogens with zero attached hydrogens (tertiary/aromatic N) is 2. The topological polar surface area (TPSA) is 39.0 Å². The fourth-order valence-electron chi connectivity index (χ4n) is 0.763. The minimum absolute atomic E-state index is 0.830. The summed E-state index contributed by atoms with van der Waals surface area (Å²) < 4.78 is 0. The molecule has 0 aliphatic heterocycles. The van der Waals surface area contributed by atoms with Gasteiger partial charge in [0.2, 0.25) is 0 Å². The van der Waals surface area contributed by atoms with Crippen molar-refractivity contribution >= 4 is 5.82 Å². The molecule has 3 heteroatoms. The fraction of sp³-hybridized carbons (Fsp3) is 0.375. The molecular weight excluding hydrogens is 138 g/mol. The van der Waals surface area contributed by atoms with E-state index >= 15 is 0 Å². The summed E-state index contributed by atoms with van der Waals surface area (Å²) in [6.07, 6.45) is 1.77. The number of nitrogens with one attached hydrogen (secondary N) is 1. The van der Waals surface area contributed by atoms with E-state index in [1.54, 1.807) is 13.2 Å². The number of rotatable bonds is 4. The van der Waals surface area contributed by atoms with Gasteiger partial charge in [-0.1, -0.05) is 6.07 Å². The summed E-state index contributed by atoms with van der Waals surface area (Å²) in [6, 6.07) is 5.80. The third-order valence-electron chi connectivity index (χ3n) is 1.31. The number of aromatic nitrogens is 1. The molecule has 0 atom stereocenters. The van der Waals surface area contributed by atoms with Crippen LogP contribution in [0.5, 0.6) is 0 Å². The van der Waals surface area contributed by atoms with Gasteiger partial charge in [0.25, 0.3) is 0 Å². The predicted molar refractivity (Wildman–Crippen MR) is 46.9 cm³/mol. The van der Waals surface area contributed by atoms with E-state index in [0.29, 0.717) is 0 Å². The average molecular weight is 150 g/mol. The first-order chi connectivity index (χ1) is 5.43. The highest BCUT2D eigenvalue weighted by atomic mass is 15.0. The third-order valence-corrected chi connectivity index (χ3v) is 1.31. The number of anilines is 1. The van der Waals surface area contributed by atoms with Crippen molar-refractivity contribution in [2.75, 3.05) is 25.5 Å². The molecule has 0 radical (unpaired) electrons. The van der Waals surface area contributed by atoms with E-state index in [4.69, 9.17) is 0 Å². The molecule has 0 saturated heterocycles. The minimum Gasteiger partial charge on any atom is -0.664 e. The standard InChI is InChI=1S/C8H12N3/c1-9-6-7-11-8-4-2-3-5-10-8/h2-5H,6-7H2,1H3,(H,10,11)/q-1. The van der Waals surface area contributed by atoms with Crippen molar-refractivity contribution in [1.29, 1.82) is 0 Å². The second-order valence-electron chi connectivity index (χ2n) is 2.18. The molecule has 1 aromatic rings. The lowest BCUT2D eigenvalue weighted by Gasteiger charge is -2.11. The minimum atomic E-state index is 0.830. The van der Waals surface area contributed by atoms with Crippen LogP contribution in [0.3, 0.4) is 0 Å². The van der Waals surface area contributed by atoms with Crippen LogP contribution in [-0.4, -0.2) is 25.1 Å². The van der Waals surface area contributed by atoms with Gasteiger partial charge >= 0.3 is 0 Å². The number of hydrogen-bond donors (Lipinski definition) is 1. The van der Waals surface area contributed by atoms with E-state index in [9.17, 15) is 0 Å². The summed E-state index contributed by atoms with van der Waals surface area (Å²) in [5.74, 6) is 0.913. The Kier molecular flexibility index (Phi) is 3.41. The first-order valence-corrected chi connectivity index (χ1v) is 3.64. The highest BCUT2D eigenvalue weighted by Crippen LogP contribution is 1.98. The molecule has 0 aromatic carbocycles. The monoisotopic (exact) mass is 150 g/mol. The summed E-state index contributed by atoms with van der Waals surface area (Å²) >= 11 is 0. The molecule has 60 valence electrons. The van der Waals surface area contributed by atoms with Crippen LogP contribution >= 0.6 is 0 Å². The van der Waals surface area contributed by atoms with Crippen LogP contribution in [0.15, 0.2) is 24.4 Å². The van der Waals surface area contributed by atoms with Crippen LogP contribution in [0.4, 0.5) is 5.82 Å². The van der Waals surface area contributed by atoms with Crippen molar-refractivity contribution in [1.82, 2.24) is 4.98 Å². The normalized spacial score (nSPS) is 9.55. The van der Waals surface area contributed by atoms with Crippen molar-refractivity contribution < 1.29 is 0 Å². The van der Waals surface area contributed by atoms with E-state index in [1.807, 2.05) is 18.2 Å². The summed E-state index contributed by atoms with van der Waals surface area (Å²) in [7, 11) is 1.81. The molecule has 3 nitrogen and oxygen atoms in total. The van der Waals surface area contributed by atoms with Gasteiger partial charge < -0.3 is 10.6 Å². The lowest BCUT2D eigenvalue weighted by molar-refractivity contribution is 1.08. The molecule has 0 saturated carbocycles. The molecule has 1 N–H and O–H groups in total. The molecule has 0 amide bonds. The van der Waals surface area contributed by atoms with Gasteiger partial charge in [-0.25, -0.2) is 4.98 Å². The van der Waals surface area contributed by atoms with Crippen molar-refractivity contribution in [3.63, 3.8) is 0 Å². The predicted octanol–water partition coefficient (Wildman–Crippen LogP) is 1.50. The quantitative estimate of drug-likeness (QED) is 0.660. The highest BCUT2D eigenvalue weighted by Gasteiger charge is 1.84. The van der Waals surface area contributed by atoms with Crippen LogP contribution < -0.4 is 5.32 Å². The maximum Gasteiger partial charge on any atom is 0.125 e. The lowest BCUT2D eigenvalue weighted by Crippen LogP contribution is -2.05. The van der Waals surface area contributed by atoms with E-state index in [-0.39, 0.29) is 0 Å². The van der Waals surface area contributed by atoms with E-state index < -0.39 is 0 Å². The second kappa shape index (κ2) is 4.68. The zero-order valence-corrected chi connectivity index (χ0v) is 6.62. The van der Waals surface area contributed by atoms with Gasteiger partial charge in [-0.2, -0.15) is 7.05 Å². The molecule has 0 aliphatic carbocycles. The van der Waals surface area contributed by atoms with E-state index in [0.717, 1.165) is 18.9 Å². The van der Waals surface area contributed by atoms with E-state index in [2.05, 4.69) is 15.6 Å². The lowest BCUT2D eigenvalue weighted by atomic mass is 10.4. The van der Waals surface area contributed by atoms with Crippen LogP contribution in [0.25, 0.3) is 5.32 Å². The van der Waals surface area contributed by atoms with Gasteiger partial charge in [0.05, 0.1) is 0 Å². The van der Waals surface area contributed by atoms with Crippen LogP contribution in [0.2, 0.25) is 0 Å². The van der Waals surface area contributed by atoms with Gasteiger partial charge in [-0.05, 0) is 18.7 Å². The van der Waals surface area contributed by atoms with Gasteiger partial charge in [0.1, 0.15) is 5.82 Å². The Morgan fingerprint density at radius 1 is 1.55 bits per heavy atom. The molecule has 1 aromatic heterocycles. The molecule has 1 heterocycles. The van der Waals surface area contributed by atoms with Crippen molar-refractivity contribution in [2.45, 2.75) is 0 Å². The maximum absolute atomic E-state index is 4.10. The molecule has 0 aliphatic rings. The SMILES string of the molecule is C[N-]CCNc1ccccn1. The van der Waals surface area contributed by atoms with Crippen LogP contribution in [-0.2, 0) is 0 Å². The van der Waals surface area contributed by atoms with Gasteiger partial charge in [-0.3, -0.25) is 0 Å². The summed E-state index contributed by atoms with van der Waals surface area (Å²) in [6.45, 7) is 1.68. The smallest absolute Gasteiger partial charge is 0.125 e. The Bertz CT molecular complexity index is 186. The molecule has 0 bridgehead atoms. The Morgan fingerprint density at radius 3 is 3.09 bits per heavy atom. The maximum atomic E-state index is 4.10. The van der Waals surface area contributed by atoms with Crippen molar-refractivity contribution in [3.05, 3.63) is 29.7 Å². The first kappa shape index (κ1) is 8.01. The number of hydrogen-bond acceptors (Lipinski definition) is 2. The molecular formula is C8H12N3-. The highest BCUT2D eigenvalue weighted by molar-refractivity contribution is 5.33. The van der Waals surface area contributed by atoms with Crippen molar-refractivity contribution in [2.24, 2.45) is 0 Å². The molecule has 1 rings (SSSR count). The number of likely N-dealkylation sites (N-methyl/N-ethyl adjacent to an activating group) is 1. The van der Waals surface area contributed by atoms with Crippen LogP contribution in [0, 0.1) is 0 Å². The van der Waals surface area contributed by atoms with Crippen molar-refractivity contribution in [3.8, 4) is 0 Å². The second-order valence-corrected chi connectivity index (χ2v) is 2.18. The summed E-state index contributed by atoms with van der Waals surface area (Å²) in [5.41, 5.74) is 0. The number of pyridine rings is 1. The summed E-state index contributed by atoms with van der Waals surface area (Å²) in [4.78, 5) is 4.10. The van der Waals surface area contributed by atoms with Gasteiger partial charge in [0, 0.05) is 6.20 Å². The Labute approximate surface area is 66.8 Å². The Morgan fingerprint density at radius 2 is 2.45 bits per heavy atom. The molecule has 0 spiro atoms. The zero-order valence-electron chi connectivity index (χ0n) is 6.62. The fourth-order valence-corrected chi connectivity index (χ4v) is 0.763. The Balaban J connectivity index is 2.28. The first-order valence-electron chi connectivity index (χ1n) is 3.64. The van der Waals surface area contributed by atoms with E-state index in [1.165, 1.54) is 0 Å². The molecule has 11 heavy (non-hydrogen) atoms. The average Bonchev–Trinajstić information content (AvgIpc) is 2.07. The molecule has 0 fully saturated rings. The van der Waals surface area contributed by atoms with Crippen LogP contribution in [0.1, 0.15) is 0 Å². The molecule has 0 unspecified atom stereocenters. The summed E-state index contributed by atoms with van der Waals surface area (Å²) in [5, 5.41) is 7.10. The Hall–Kier alpha value is -1.09.